The van der Waals surface area contributed by atoms with Gasteiger partial charge in [-0.1, -0.05) is 18.3 Å². The predicted molar refractivity (Wildman–Crippen MR) is 68.0 cm³/mol. The van der Waals surface area contributed by atoms with E-state index in [1.165, 1.54) is 11.5 Å². The molecule has 0 spiro atoms. The summed E-state index contributed by atoms with van der Waals surface area (Å²) in [5.74, 6) is 0.0674. The van der Waals surface area contributed by atoms with E-state index in [0.717, 1.165) is 19.4 Å². The number of hydrogen-bond donors (Lipinski definition) is 0. The molecule has 2 heterocycles. The largest absolute Gasteiger partial charge is 0.332 e. The lowest BCUT2D eigenvalue weighted by Gasteiger charge is -2.48. The summed E-state index contributed by atoms with van der Waals surface area (Å²) < 4.78 is 3.77. The smallest absolute Gasteiger partial charge is 0.267 e. The van der Waals surface area contributed by atoms with E-state index in [2.05, 4.69) is 37.3 Å². The van der Waals surface area contributed by atoms with Gasteiger partial charge in [0.25, 0.3) is 5.91 Å². The molecule has 0 bridgehead atoms. The first kappa shape index (κ1) is 12.5. The molecule has 1 saturated heterocycles. The molecule has 0 saturated carbocycles. The Hall–Kier alpha value is -0.970. The third kappa shape index (κ3) is 2.49. The maximum Gasteiger partial charge on any atom is 0.267 e. The number of hydrogen-bond acceptors (Lipinski definition) is 4. The van der Waals surface area contributed by atoms with Crippen LogP contribution in [0.5, 0.6) is 0 Å². The SMILES string of the molecule is CC1(C)CCC(C)(C)N(C(=O)c2cnns2)C1. The van der Waals surface area contributed by atoms with Gasteiger partial charge in [0.1, 0.15) is 4.88 Å². The van der Waals surface area contributed by atoms with Gasteiger partial charge >= 0.3 is 0 Å². The highest BCUT2D eigenvalue weighted by Crippen LogP contribution is 2.38. The molecule has 5 heteroatoms. The first-order valence-corrected chi connectivity index (χ1v) is 6.69. The summed E-state index contributed by atoms with van der Waals surface area (Å²) in [4.78, 5) is 15.0. The van der Waals surface area contributed by atoms with Gasteiger partial charge in [-0.2, -0.15) is 0 Å². The summed E-state index contributed by atoms with van der Waals surface area (Å²) in [5.41, 5.74) is 0.125. The van der Waals surface area contributed by atoms with Gasteiger partial charge in [0, 0.05) is 12.1 Å². The van der Waals surface area contributed by atoms with Gasteiger partial charge in [-0.05, 0) is 43.6 Å². The van der Waals surface area contributed by atoms with E-state index >= 15 is 0 Å². The van der Waals surface area contributed by atoms with Crippen molar-refractivity contribution in [2.24, 2.45) is 5.41 Å². The van der Waals surface area contributed by atoms with E-state index in [1.807, 2.05) is 4.90 Å². The van der Waals surface area contributed by atoms with Gasteiger partial charge < -0.3 is 4.90 Å². The molecule has 1 aliphatic rings. The average Bonchev–Trinajstić information content (AvgIpc) is 2.74. The molecule has 17 heavy (non-hydrogen) atoms. The molecule has 0 aromatic carbocycles. The molecular formula is C12H19N3OS. The van der Waals surface area contributed by atoms with Crippen LogP contribution in [0, 0.1) is 5.41 Å². The minimum atomic E-state index is -0.0728. The van der Waals surface area contributed by atoms with E-state index in [4.69, 9.17) is 0 Å². The highest BCUT2D eigenvalue weighted by Gasteiger charge is 2.41. The Kier molecular flexibility index (Phi) is 2.97. The van der Waals surface area contributed by atoms with E-state index < -0.39 is 0 Å². The zero-order valence-electron chi connectivity index (χ0n) is 10.9. The number of piperidine rings is 1. The van der Waals surface area contributed by atoms with Crippen LogP contribution in [0.25, 0.3) is 0 Å². The second-order valence-corrected chi connectivity index (χ2v) is 6.94. The highest BCUT2D eigenvalue weighted by molar-refractivity contribution is 7.07. The second-order valence-electron chi connectivity index (χ2n) is 6.15. The van der Waals surface area contributed by atoms with Crippen molar-refractivity contribution in [1.82, 2.24) is 14.5 Å². The number of likely N-dealkylation sites (tertiary alicyclic amines) is 1. The Morgan fingerprint density at radius 1 is 1.35 bits per heavy atom. The van der Waals surface area contributed by atoms with Crippen LogP contribution in [-0.4, -0.2) is 32.5 Å². The topological polar surface area (TPSA) is 46.1 Å². The Labute approximate surface area is 106 Å². The minimum absolute atomic E-state index is 0.0674. The summed E-state index contributed by atoms with van der Waals surface area (Å²) in [6, 6.07) is 0. The van der Waals surface area contributed by atoms with Crippen LogP contribution in [0.4, 0.5) is 0 Å². The van der Waals surface area contributed by atoms with E-state index in [1.54, 1.807) is 6.20 Å². The van der Waals surface area contributed by atoms with Crippen LogP contribution in [-0.2, 0) is 0 Å². The lowest BCUT2D eigenvalue weighted by Crippen LogP contribution is -2.55. The van der Waals surface area contributed by atoms with Crippen LogP contribution >= 0.6 is 11.5 Å². The summed E-state index contributed by atoms with van der Waals surface area (Å²) in [6.45, 7) is 9.50. The molecule has 0 N–H and O–H groups in total. The van der Waals surface area contributed by atoms with E-state index in [9.17, 15) is 4.79 Å². The number of rotatable bonds is 1. The van der Waals surface area contributed by atoms with Gasteiger partial charge in [-0.25, -0.2) is 0 Å². The summed E-state index contributed by atoms with van der Waals surface area (Å²) in [6.07, 6.45) is 3.76. The molecule has 1 aromatic heterocycles. The van der Waals surface area contributed by atoms with Crippen LogP contribution in [0.1, 0.15) is 50.2 Å². The zero-order valence-corrected chi connectivity index (χ0v) is 11.7. The monoisotopic (exact) mass is 253 g/mol. The van der Waals surface area contributed by atoms with Crippen LogP contribution in [0.2, 0.25) is 0 Å². The van der Waals surface area contributed by atoms with Crippen molar-refractivity contribution in [3.05, 3.63) is 11.1 Å². The van der Waals surface area contributed by atoms with Crippen molar-refractivity contribution in [3.63, 3.8) is 0 Å². The molecule has 1 aromatic rings. The summed E-state index contributed by atoms with van der Waals surface area (Å²) >= 11 is 1.17. The fraction of sp³-hybridized carbons (Fsp3) is 0.750. The minimum Gasteiger partial charge on any atom is -0.332 e. The zero-order chi connectivity index (χ0) is 12.7. The molecule has 1 fully saturated rings. The molecule has 4 nitrogen and oxygen atoms in total. The van der Waals surface area contributed by atoms with Crippen molar-refractivity contribution in [2.75, 3.05) is 6.54 Å². The predicted octanol–water partition coefficient (Wildman–Crippen LogP) is 2.58. The van der Waals surface area contributed by atoms with Crippen molar-refractivity contribution >= 4 is 17.4 Å². The first-order valence-electron chi connectivity index (χ1n) is 5.91. The van der Waals surface area contributed by atoms with Crippen molar-refractivity contribution in [2.45, 2.75) is 46.1 Å². The van der Waals surface area contributed by atoms with Crippen molar-refractivity contribution < 1.29 is 4.79 Å². The van der Waals surface area contributed by atoms with Crippen molar-refractivity contribution in [1.29, 1.82) is 0 Å². The molecule has 0 radical (unpaired) electrons. The van der Waals surface area contributed by atoms with E-state index in [0.29, 0.717) is 4.88 Å². The lowest BCUT2D eigenvalue weighted by molar-refractivity contribution is 0.0129. The first-order chi connectivity index (χ1) is 7.82. The Morgan fingerprint density at radius 2 is 2.06 bits per heavy atom. The third-order valence-electron chi connectivity index (χ3n) is 3.55. The van der Waals surface area contributed by atoms with E-state index in [-0.39, 0.29) is 16.9 Å². The van der Waals surface area contributed by atoms with Gasteiger partial charge in [0.2, 0.25) is 0 Å². The third-order valence-corrected chi connectivity index (χ3v) is 4.20. The molecule has 1 amide bonds. The lowest BCUT2D eigenvalue weighted by atomic mass is 9.76. The number of amides is 1. The number of carbonyl (C=O) groups excluding carboxylic acids is 1. The quantitative estimate of drug-likeness (QED) is 0.772. The standard InChI is InChI=1S/C12H19N3OS/c1-11(2)5-6-12(3,4)15(8-11)10(16)9-7-13-14-17-9/h7H,5-6,8H2,1-4H3. The fourth-order valence-electron chi connectivity index (χ4n) is 2.24. The number of aromatic nitrogens is 2. The molecule has 94 valence electrons. The van der Waals surface area contributed by atoms with Crippen molar-refractivity contribution in [3.8, 4) is 0 Å². The van der Waals surface area contributed by atoms with Gasteiger partial charge in [0.05, 0.1) is 6.20 Å². The second kappa shape index (κ2) is 4.05. The molecule has 2 rings (SSSR count). The highest BCUT2D eigenvalue weighted by atomic mass is 32.1. The molecular weight excluding hydrogens is 234 g/mol. The number of nitrogens with zero attached hydrogens (tertiary/aromatic N) is 3. The van der Waals surface area contributed by atoms with Crippen LogP contribution in [0.15, 0.2) is 6.20 Å². The Bertz CT molecular complexity index is 411. The Morgan fingerprint density at radius 3 is 2.65 bits per heavy atom. The molecule has 0 unspecified atom stereocenters. The Balaban J connectivity index is 2.25. The van der Waals surface area contributed by atoms with Gasteiger partial charge in [0.15, 0.2) is 0 Å². The average molecular weight is 253 g/mol. The number of carbonyl (C=O) groups is 1. The normalized spacial score (nSPS) is 22.5. The maximum absolute atomic E-state index is 12.4. The molecule has 0 atom stereocenters. The molecule has 1 aliphatic heterocycles. The van der Waals surface area contributed by atoms with Crippen LogP contribution < -0.4 is 0 Å². The van der Waals surface area contributed by atoms with Gasteiger partial charge in [-0.3, -0.25) is 4.79 Å². The summed E-state index contributed by atoms with van der Waals surface area (Å²) in [7, 11) is 0. The summed E-state index contributed by atoms with van der Waals surface area (Å²) in [5, 5.41) is 3.74. The molecule has 0 aliphatic carbocycles. The van der Waals surface area contributed by atoms with Crippen LogP contribution in [0.3, 0.4) is 0 Å². The fourth-order valence-corrected chi connectivity index (χ4v) is 2.71. The maximum atomic E-state index is 12.4. The van der Waals surface area contributed by atoms with Gasteiger partial charge in [-0.15, -0.1) is 5.10 Å².